The number of nitrogens with zero attached hydrogens (tertiary/aromatic N) is 2. The number of para-hydroxylation sites is 1. The zero-order valence-electron chi connectivity index (χ0n) is 23.2. The molecule has 0 N–H and O–H groups in total. The second-order valence-corrected chi connectivity index (χ2v) is 11.0. The van der Waals surface area contributed by atoms with E-state index in [1.165, 1.54) is 32.3 Å². The first kappa shape index (κ1) is 23.9. The molecule has 0 aliphatic heterocycles. The van der Waals surface area contributed by atoms with Crippen LogP contribution >= 0.6 is 0 Å². The first-order chi connectivity index (χ1) is 21.3. The summed E-state index contributed by atoms with van der Waals surface area (Å²) in [5.74, 6) is 0.696. The molecular weight excluding hydrogens is 524 g/mol. The van der Waals surface area contributed by atoms with Crippen LogP contribution in [0.2, 0.25) is 0 Å². The van der Waals surface area contributed by atoms with Gasteiger partial charge >= 0.3 is 0 Å². The van der Waals surface area contributed by atoms with E-state index in [0.29, 0.717) is 5.82 Å². The highest BCUT2D eigenvalue weighted by atomic mass is 16.3. The lowest BCUT2D eigenvalue weighted by atomic mass is 9.94. The summed E-state index contributed by atoms with van der Waals surface area (Å²) in [6.45, 7) is 0. The van der Waals surface area contributed by atoms with Crippen molar-refractivity contribution in [2.75, 3.05) is 0 Å². The van der Waals surface area contributed by atoms with E-state index in [-0.39, 0.29) is 0 Å². The number of hydrogen-bond donors (Lipinski definition) is 0. The van der Waals surface area contributed by atoms with Crippen LogP contribution in [0.25, 0.3) is 88.2 Å². The lowest BCUT2D eigenvalue weighted by Gasteiger charge is -2.13. The molecule has 2 aromatic heterocycles. The summed E-state index contributed by atoms with van der Waals surface area (Å²) in [6.07, 6.45) is 0. The maximum absolute atomic E-state index is 6.23. The SMILES string of the molecule is c1ccc(-c2nc(-c3cccc4c3ccc3cc5ccccc5cc34)cc(-c3cccc4oc5ccccc5c34)n2)cc1. The molecule has 0 unspecified atom stereocenters. The normalized spacial score (nSPS) is 11.7. The van der Waals surface area contributed by atoms with E-state index in [0.717, 1.165) is 50.0 Å². The Morgan fingerprint density at radius 3 is 1.95 bits per heavy atom. The molecule has 7 aromatic carbocycles. The Hall–Kier alpha value is -5.80. The molecule has 9 rings (SSSR count). The molecule has 0 bridgehead atoms. The van der Waals surface area contributed by atoms with Gasteiger partial charge in [0.2, 0.25) is 0 Å². The number of aromatic nitrogens is 2. The minimum absolute atomic E-state index is 0.696. The maximum atomic E-state index is 6.23. The Bertz CT molecular complexity index is 2510. The Kier molecular flexibility index (Phi) is 5.20. The largest absolute Gasteiger partial charge is 0.456 e. The van der Waals surface area contributed by atoms with Gasteiger partial charge in [0.1, 0.15) is 11.2 Å². The molecule has 43 heavy (non-hydrogen) atoms. The van der Waals surface area contributed by atoms with Gasteiger partial charge in [0.25, 0.3) is 0 Å². The third-order valence-corrected chi connectivity index (χ3v) is 8.46. The van der Waals surface area contributed by atoms with Crippen LogP contribution in [0, 0.1) is 0 Å². The third kappa shape index (κ3) is 3.83. The lowest BCUT2D eigenvalue weighted by Crippen LogP contribution is -1.96. The minimum atomic E-state index is 0.696. The number of furan rings is 1. The van der Waals surface area contributed by atoms with Gasteiger partial charge in [-0.2, -0.15) is 0 Å². The van der Waals surface area contributed by atoms with Crippen molar-refractivity contribution >= 4 is 54.3 Å². The fourth-order valence-electron chi connectivity index (χ4n) is 6.43. The van der Waals surface area contributed by atoms with Crippen molar-refractivity contribution in [3.63, 3.8) is 0 Å². The van der Waals surface area contributed by atoms with Gasteiger partial charge in [-0.05, 0) is 62.6 Å². The van der Waals surface area contributed by atoms with E-state index < -0.39 is 0 Å². The van der Waals surface area contributed by atoms with Crippen LogP contribution in [0.1, 0.15) is 0 Å². The predicted molar refractivity (Wildman–Crippen MR) is 178 cm³/mol. The number of rotatable bonds is 3. The van der Waals surface area contributed by atoms with Crippen LogP contribution in [0.4, 0.5) is 0 Å². The molecule has 0 saturated carbocycles. The zero-order chi connectivity index (χ0) is 28.3. The molecule has 0 radical (unpaired) electrons. The maximum Gasteiger partial charge on any atom is 0.160 e. The van der Waals surface area contributed by atoms with Gasteiger partial charge in [-0.3, -0.25) is 0 Å². The van der Waals surface area contributed by atoms with Gasteiger partial charge in [-0.25, -0.2) is 9.97 Å². The second kappa shape index (κ2) is 9.37. The fourth-order valence-corrected chi connectivity index (χ4v) is 6.43. The van der Waals surface area contributed by atoms with Crippen molar-refractivity contribution in [2.45, 2.75) is 0 Å². The topological polar surface area (TPSA) is 38.9 Å². The molecule has 3 heteroatoms. The Labute approximate surface area is 247 Å². The molecule has 3 nitrogen and oxygen atoms in total. The summed E-state index contributed by atoms with van der Waals surface area (Å²) in [5.41, 5.74) is 6.56. The van der Waals surface area contributed by atoms with Crippen LogP contribution in [-0.4, -0.2) is 9.97 Å². The van der Waals surface area contributed by atoms with E-state index in [4.69, 9.17) is 14.4 Å². The smallest absolute Gasteiger partial charge is 0.160 e. The van der Waals surface area contributed by atoms with Gasteiger partial charge in [0, 0.05) is 27.5 Å². The first-order valence-electron chi connectivity index (χ1n) is 14.5. The molecule has 2 heterocycles. The van der Waals surface area contributed by atoms with Gasteiger partial charge in [-0.15, -0.1) is 0 Å². The summed E-state index contributed by atoms with van der Waals surface area (Å²) >= 11 is 0. The summed E-state index contributed by atoms with van der Waals surface area (Å²) in [5, 5.41) is 9.49. The van der Waals surface area contributed by atoms with Crippen LogP contribution in [0.15, 0.2) is 150 Å². The van der Waals surface area contributed by atoms with E-state index in [1.54, 1.807) is 0 Å². The predicted octanol–water partition coefficient (Wildman–Crippen LogP) is 10.8. The fraction of sp³-hybridized carbons (Fsp3) is 0. The average Bonchev–Trinajstić information content (AvgIpc) is 3.46. The monoisotopic (exact) mass is 548 g/mol. The van der Waals surface area contributed by atoms with Gasteiger partial charge in [0.05, 0.1) is 11.4 Å². The van der Waals surface area contributed by atoms with E-state index in [2.05, 4.69) is 103 Å². The van der Waals surface area contributed by atoms with Crippen LogP contribution in [0.3, 0.4) is 0 Å². The summed E-state index contributed by atoms with van der Waals surface area (Å²) in [4.78, 5) is 10.3. The lowest BCUT2D eigenvalue weighted by molar-refractivity contribution is 0.669. The van der Waals surface area contributed by atoms with Crippen molar-refractivity contribution in [2.24, 2.45) is 0 Å². The Balaban J connectivity index is 1.33. The van der Waals surface area contributed by atoms with Gasteiger partial charge in [0.15, 0.2) is 5.82 Å². The highest BCUT2D eigenvalue weighted by Gasteiger charge is 2.17. The minimum Gasteiger partial charge on any atom is -0.456 e. The quantitative estimate of drug-likeness (QED) is 0.163. The molecule has 0 fully saturated rings. The molecule has 0 amide bonds. The summed E-state index contributed by atoms with van der Waals surface area (Å²) in [6, 6.07) is 50.9. The van der Waals surface area contributed by atoms with Crippen molar-refractivity contribution in [3.8, 4) is 33.9 Å². The first-order valence-corrected chi connectivity index (χ1v) is 14.5. The average molecular weight is 549 g/mol. The summed E-state index contributed by atoms with van der Waals surface area (Å²) in [7, 11) is 0. The molecule has 0 saturated heterocycles. The van der Waals surface area contributed by atoms with Crippen LogP contribution in [-0.2, 0) is 0 Å². The zero-order valence-corrected chi connectivity index (χ0v) is 23.2. The van der Waals surface area contributed by atoms with Gasteiger partial charge < -0.3 is 4.42 Å². The third-order valence-electron chi connectivity index (χ3n) is 8.46. The molecule has 9 aromatic rings. The molecule has 200 valence electrons. The Morgan fingerprint density at radius 2 is 1.07 bits per heavy atom. The molecular formula is C40H24N2O. The standard InChI is InChI=1S/C40H24N2O/c1-2-10-25(11-3-1)40-41-35(24-36(42-40)32-17-9-19-38-39(32)33-14-6-7-18-37(33)43-38)31-16-8-15-29-30(31)21-20-28-22-26-12-4-5-13-27(26)23-34(28)29/h1-24H. The number of fused-ring (bicyclic) bond motifs is 7. The highest BCUT2D eigenvalue weighted by molar-refractivity contribution is 6.16. The second-order valence-electron chi connectivity index (χ2n) is 11.0. The number of hydrogen-bond acceptors (Lipinski definition) is 3. The van der Waals surface area contributed by atoms with E-state index in [9.17, 15) is 0 Å². The van der Waals surface area contributed by atoms with Crippen molar-refractivity contribution in [1.82, 2.24) is 9.97 Å². The Morgan fingerprint density at radius 1 is 0.395 bits per heavy atom. The van der Waals surface area contributed by atoms with E-state index in [1.807, 2.05) is 42.5 Å². The van der Waals surface area contributed by atoms with Crippen molar-refractivity contribution in [3.05, 3.63) is 146 Å². The number of benzene rings is 7. The summed E-state index contributed by atoms with van der Waals surface area (Å²) < 4.78 is 6.23. The molecule has 0 aliphatic carbocycles. The highest BCUT2D eigenvalue weighted by Crippen LogP contribution is 2.39. The molecule has 0 atom stereocenters. The molecule has 0 spiro atoms. The van der Waals surface area contributed by atoms with Crippen LogP contribution in [0.5, 0.6) is 0 Å². The van der Waals surface area contributed by atoms with Gasteiger partial charge in [-0.1, -0.05) is 115 Å². The van der Waals surface area contributed by atoms with E-state index >= 15 is 0 Å². The van der Waals surface area contributed by atoms with Crippen LogP contribution < -0.4 is 0 Å². The van der Waals surface area contributed by atoms with Crippen molar-refractivity contribution < 1.29 is 4.42 Å². The van der Waals surface area contributed by atoms with Crippen molar-refractivity contribution in [1.29, 1.82) is 0 Å². The molecule has 0 aliphatic rings.